The van der Waals surface area contributed by atoms with Gasteiger partial charge in [-0.05, 0) is 42.2 Å². The van der Waals surface area contributed by atoms with E-state index in [4.69, 9.17) is 5.11 Å². The average Bonchev–Trinajstić information content (AvgIpc) is 2.82. The Bertz CT molecular complexity index is 389. The normalized spacial score (nSPS) is 16.2. The fourth-order valence-corrected chi connectivity index (χ4v) is 3.40. The summed E-state index contributed by atoms with van der Waals surface area (Å²) in [5.74, 6) is 2.01. The molecule has 2 rings (SSSR count). The Balaban J connectivity index is 1.81. The fraction of sp³-hybridized carbons (Fsp3) is 0.538. The summed E-state index contributed by atoms with van der Waals surface area (Å²) in [5, 5.41) is 8.84. The maximum absolute atomic E-state index is 10.8. The molecular weight excluding hydrogens is 234 g/mol. The molecule has 0 amide bonds. The summed E-state index contributed by atoms with van der Waals surface area (Å²) >= 11 is 1.90. The van der Waals surface area contributed by atoms with E-state index in [0.29, 0.717) is 0 Å². The van der Waals surface area contributed by atoms with Gasteiger partial charge in [-0.3, -0.25) is 0 Å². The molecule has 0 radical (unpaired) electrons. The summed E-state index contributed by atoms with van der Waals surface area (Å²) < 4.78 is 0. The first-order chi connectivity index (χ1) is 8.25. The smallest absolute Gasteiger partial charge is 0.354 e. The molecule has 3 nitrogen and oxygen atoms in total. The number of hydrogen-bond acceptors (Lipinski definition) is 3. The summed E-state index contributed by atoms with van der Waals surface area (Å²) in [7, 11) is 0. The lowest BCUT2D eigenvalue weighted by Crippen LogP contribution is -2.01. The van der Waals surface area contributed by atoms with Crippen molar-refractivity contribution in [1.82, 2.24) is 4.98 Å². The van der Waals surface area contributed by atoms with Gasteiger partial charge in [0.15, 0.2) is 0 Å². The molecule has 0 saturated heterocycles. The van der Waals surface area contributed by atoms with E-state index in [0.717, 1.165) is 17.2 Å². The van der Waals surface area contributed by atoms with Gasteiger partial charge >= 0.3 is 5.97 Å². The Hall–Kier alpha value is -1.03. The van der Waals surface area contributed by atoms with Crippen molar-refractivity contribution in [3.63, 3.8) is 0 Å². The van der Waals surface area contributed by atoms with E-state index in [1.807, 2.05) is 17.8 Å². The van der Waals surface area contributed by atoms with E-state index in [1.165, 1.54) is 31.4 Å². The topological polar surface area (TPSA) is 50.2 Å². The SMILES string of the molecule is O=C(O)c1cc(CSCC2CCCC2)ccn1. The molecule has 0 atom stereocenters. The first kappa shape index (κ1) is 12.4. The van der Waals surface area contributed by atoms with Gasteiger partial charge < -0.3 is 5.11 Å². The van der Waals surface area contributed by atoms with Gasteiger partial charge in [0.05, 0.1) is 0 Å². The quantitative estimate of drug-likeness (QED) is 0.873. The molecular formula is C13H17NO2S. The Morgan fingerprint density at radius 2 is 2.24 bits per heavy atom. The number of hydrogen-bond donors (Lipinski definition) is 1. The van der Waals surface area contributed by atoms with Crippen LogP contribution in [0.1, 0.15) is 41.7 Å². The second kappa shape index (κ2) is 6.05. The van der Waals surface area contributed by atoms with E-state index in [2.05, 4.69) is 4.98 Å². The molecule has 0 aliphatic heterocycles. The summed E-state index contributed by atoms with van der Waals surface area (Å²) in [6.45, 7) is 0. The van der Waals surface area contributed by atoms with Crippen molar-refractivity contribution < 1.29 is 9.90 Å². The lowest BCUT2D eigenvalue weighted by atomic mass is 10.1. The van der Waals surface area contributed by atoms with E-state index in [-0.39, 0.29) is 5.69 Å². The number of carboxylic acid groups (broad SMARTS) is 1. The number of carboxylic acids is 1. The van der Waals surface area contributed by atoms with Crippen molar-refractivity contribution >= 4 is 17.7 Å². The third-order valence-electron chi connectivity index (χ3n) is 3.14. The van der Waals surface area contributed by atoms with E-state index >= 15 is 0 Å². The lowest BCUT2D eigenvalue weighted by Gasteiger charge is -2.08. The van der Waals surface area contributed by atoms with Crippen molar-refractivity contribution in [2.75, 3.05) is 5.75 Å². The number of nitrogens with zero attached hydrogens (tertiary/aromatic N) is 1. The second-order valence-corrected chi connectivity index (χ2v) is 5.55. The van der Waals surface area contributed by atoms with Crippen molar-refractivity contribution in [2.45, 2.75) is 31.4 Å². The summed E-state index contributed by atoms with van der Waals surface area (Å²) in [5.41, 5.74) is 1.20. The molecule has 1 heterocycles. The van der Waals surface area contributed by atoms with Crippen LogP contribution in [0, 0.1) is 5.92 Å². The molecule has 1 fully saturated rings. The summed E-state index contributed by atoms with van der Waals surface area (Å²) in [4.78, 5) is 14.6. The van der Waals surface area contributed by atoms with Crippen LogP contribution in [0.3, 0.4) is 0 Å². The molecule has 1 aromatic rings. The van der Waals surface area contributed by atoms with Gasteiger partial charge in [0.1, 0.15) is 5.69 Å². The fourth-order valence-electron chi connectivity index (χ4n) is 2.20. The van der Waals surface area contributed by atoms with Crippen molar-refractivity contribution in [1.29, 1.82) is 0 Å². The standard InChI is InChI=1S/C13H17NO2S/c15-13(16)12-7-11(5-6-14-12)9-17-8-10-3-1-2-4-10/h5-7,10H,1-4,8-9H2,(H,15,16). The molecule has 1 aliphatic rings. The number of aromatic nitrogens is 1. The predicted octanol–water partition coefficient (Wildman–Crippen LogP) is 3.20. The van der Waals surface area contributed by atoms with Crippen LogP contribution in [0.5, 0.6) is 0 Å². The molecule has 0 aromatic carbocycles. The molecule has 0 spiro atoms. The van der Waals surface area contributed by atoms with Crippen LogP contribution < -0.4 is 0 Å². The molecule has 1 aromatic heterocycles. The molecule has 4 heteroatoms. The largest absolute Gasteiger partial charge is 0.477 e. The lowest BCUT2D eigenvalue weighted by molar-refractivity contribution is 0.0690. The summed E-state index contributed by atoms with van der Waals surface area (Å²) in [6, 6.07) is 3.57. The molecule has 17 heavy (non-hydrogen) atoms. The monoisotopic (exact) mass is 251 g/mol. The zero-order valence-electron chi connectivity index (χ0n) is 9.76. The van der Waals surface area contributed by atoms with Crippen LogP contribution in [0.25, 0.3) is 0 Å². The Morgan fingerprint density at radius 1 is 1.47 bits per heavy atom. The maximum Gasteiger partial charge on any atom is 0.354 e. The van der Waals surface area contributed by atoms with E-state index in [1.54, 1.807) is 12.3 Å². The Morgan fingerprint density at radius 3 is 2.94 bits per heavy atom. The number of carbonyl (C=O) groups is 1. The highest BCUT2D eigenvalue weighted by atomic mass is 32.2. The molecule has 1 aliphatic carbocycles. The number of rotatable bonds is 5. The number of aromatic carboxylic acids is 1. The van der Waals surface area contributed by atoms with Crippen molar-refractivity contribution in [2.24, 2.45) is 5.92 Å². The highest BCUT2D eigenvalue weighted by molar-refractivity contribution is 7.98. The average molecular weight is 251 g/mol. The van der Waals surface area contributed by atoms with Crippen molar-refractivity contribution in [3.8, 4) is 0 Å². The molecule has 0 bridgehead atoms. The highest BCUT2D eigenvalue weighted by Crippen LogP contribution is 2.28. The van der Waals surface area contributed by atoms with Crippen LogP contribution in [-0.4, -0.2) is 21.8 Å². The summed E-state index contributed by atoms with van der Waals surface area (Å²) in [6.07, 6.45) is 7.07. The predicted molar refractivity (Wildman–Crippen MR) is 69.3 cm³/mol. The minimum absolute atomic E-state index is 0.143. The van der Waals surface area contributed by atoms with Crippen molar-refractivity contribution in [3.05, 3.63) is 29.6 Å². The minimum atomic E-state index is -0.951. The molecule has 1 N–H and O–H groups in total. The highest BCUT2D eigenvalue weighted by Gasteiger charge is 2.14. The van der Waals surface area contributed by atoms with Crippen LogP contribution in [-0.2, 0) is 5.75 Å². The number of pyridine rings is 1. The van der Waals surface area contributed by atoms with Crippen LogP contribution in [0.15, 0.2) is 18.3 Å². The second-order valence-electron chi connectivity index (χ2n) is 4.52. The van der Waals surface area contributed by atoms with Gasteiger partial charge in [0, 0.05) is 11.9 Å². The maximum atomic E-state index is 10.8. The Labute approximate surface area is 106 Å². The molecule has 0 unspecified atom stereocenters. The molecule has 92 valence electrons. The third kappa shape index (κ3) is 3.73. The first-order valence-electron chi connectivity index (χ1n) is 6.01. The van der Waals surface area contributed by atoms with Crippen LogP contribution in [0.2, 0.25) is 0 Å². The zero-order valence-corrected chi connectivity index (χ0v) is 10.6. The van der Waals surface area contributed by atoms with Gasteiger partial charge in [0.25, 0.3) is 0 Å². The van der Waals surface area contributed by atoms with Gasteiger partial charge in [-0.2, -0.15) is 11.8 Å². The third-order valence-corrected chi connectivity index (χ3v) is 4.39. The first-order valence-corrected chi connectivity index (χ1v) is 7.17. The minimum Gasteiger partial charge on any atom is -0.477 e. The van der Waals surface area contributed by atoms with E-state index in [9.17, 15) is 4.79 Å². The van der Waals surface area contributed by atoms with Gasteiger partial charge in [-0.25, -0.2) is 9.78 Å². The molecule has 1 saturated carbocycles. The van der Waals surface area contributed by atoms with E-state index < -0.39 is 5.97 Å². The van der Waals surface area contributed by atoms with Gasteiger partial charge in [0.2, 0.25) is 0 Å². The van der Waals surface area contributed by atoms with Crippen LogP contribution in [0.4, 0.5) is 0 Å². The van der Waals surface area contributed by atoms with Crippen LogP contribution >= 0.6 is 11.8 Å². The van der Waals surface area contributed by atoms with Gasteiger partial charge in [-0.1, -0.05) is 12.8 Å². The number of thioether (sulfide) groups is 1. The van der Waals surface area contributed by atoms with Gasteiger partial charge in [-0.15, -0.1) is 0 Å². The zero-order chi connectivity index (χ0) is 12.1. The Kier molecular flexibility index (Phi) is 4.42.